The summed E-state index contributed by atoms with van der Waals surface area (Å²) in [6.07, 6.45) is -13.4. The Morgan fingerprint density at radius 2 is 1.42 bits per heavy atom. The van der Waals surface area contributed by atoms with Crippen LogP contribution in [0, 0.1) is 5.92 Å². The number of phenolic OH excluding ortho intramolecular Hbond substituents is 1. The molecule has 4 aromatic rings. The van der Waals surface area contributed by atoms with Gasteiger partial charge < -0.3 is 102 Å². The average Bonchev–Trinajstić information content (AvgIpc) is 1.81. The number of primary amides is 1. The van der Waals surface area contributed by atoms with Crippen LogP contribution in [0.2, 0.25) is 0 Å². The monoisotopic (exact) mass is 1320 g/mol. The van der Waals surface area contributed by atoms with Gasteiger partial charge in [0.25, 0.3) is 18.2 Å². The van der Waals surface area contributed by atoms with Crippen molar-refractivity contribution in [3.05, 3.63) is 77.9 Å². The number of nitrogens with two attached hydrogens (primary N) is 1. The first-order valence-corrected chi connectivity index (χ1v) is 29.8. The van der Waals surface area contributed by atoms with E-state index in [4.69, 9.17) is 19.4 Å². The first kappa shape index (κ1) is 73.3. The zero-order chi connectivity index (χ0) is 65.5. The second-order valence-electron chi connectivity index (χ2n) is 21.8. The smallest absolute Gasteiger partial charge is 0.691 e. The Labute approximate surface area is 550 Å². The molecule has 0 radical (unpaired) electrons. The number of aromatic hydroxyl groups is 1. The van der Waals surface area contributed by atoms with Crippen LogP contribution in [0.25, 0.3) is 21.1 Å². The quantitative estimate of drug-likeness (QED) is 0.0114. The van der Waals surface area contributed by atoms with Crippen molar-refractivity contribution in [2.24, 2.45) is 11.7 Å². The Hall–Kier alpha value is -6.71. The Morgan fingerprint density at radius 3 is 2.05 bits per heavy atom. The van der Waals surface area contributed by atoms with E-state index in [2.05, 4.69) is 46.2 Å². The number of methoxy groups -OCH3 is 1. The molecule has 490 valence electrons. The number of aliphatic hydroxyl groups is 7. The predicted octanol–water partition coefficient (Wildman–Crippen LogP) is -6.74. The van der Waals surface area contributed by atoms with Gasteiger partial charge in [-0.25, -0.2) is 0 Å². The van der Waals surface area contributed by atoms with Crippen LogP contribution in [0.5, 0.6) is 17.2 Å². The van der Waals surface area contributed by atoms with Gasteiger partial charge in [0.1, 0.15) is 64.2 Å². The van der Waals surface area contributed by atoms with E-state index in [1.807, 2.05) is 24.3 Å². The molecule has 1 aromatic heterocycles. The van der Waals surface area contributed by atoms with Gasteiger partial charge in [-0.3, -0.25) is 43.4 Å². The van der Waals surface area contributed by atoms with Crippen molar-refractivity contribution in [1.29, 1.82) is 0 Å². The Morgan fingerprint density at radius 1 is 0.791 bits per heavy atom. The van der Waals surface area contributed by atoms with Crippen LogP contribution in [-0.4, -0.2) is 221 Å². The van der Waals surface area contributed by atoms with Gasteiger partial charge in [0.2, 0.25) is 41.4 Å². The third-order valence-corrected chi connectivity index (χ3v) is 16.5. The molecule has 13 unspecified atom stereocenters. The molecule has 15 N–H and O–H groups in total. The fourth-order valence-corrected chi connectivity index (χ4v) is 11.4. The summed E-state index contributed by atoms with van der Waals surface area (Å²) in [5, 5.41) is 125. The summed E-state index contributed by atoms with van der Waals surface area (Å²) in [4.78, 5) is 115. The zero-order valence-electron chi connectivity index (χ0n) is 49.7. The number of nitrogens with one attached hydrogen (secondary N) is 5. The van der Waals surface area contributed by atoms with E-state index in [9.17, 15) is 84.5 Å². The number of amides is 8. The molecule has 35 heteroatoms. The van der Waals surface area contributed by atoms with E-state index >= 15 is 0 Å². The van der Waals surface area contributed by atoms with Gasteiger partial charge >= 0.3 is 29.6 Å². The number of hydrogen-bond acceptors (Lipinski definition) is 26. The van der Waals surface area contributed by atoms with Crippen molar-refractivity contribution in [2.45, 2.75) is 131 Å². The maximum Gasteiger partial charge on any atom is 1.00 e. The predicted molar refractivity (Wildman–Crippen MR) is 310 cm³/mol. The van der Waals surface area contributed by atoms with Gasteiger partial charge in [-0.15, -0.1) is 14.5 Å². The fraction of sp³-hybridized carbons (Fsp3) is 0.500. The second-order valence-corrected chi connectivity index (χ2v) is 23.2. The fourth-order valence-electron chi connectivity index (χ4n) is 10.3. The van der Waals surface area contributed by atoms with Gasteiger partial charge in [0, 0.05) is 68.8 Å². The van der Waals surface area contributed by atoms with Crippen molar-refractivity contribution >= 4 is 70.9 Å². The van der Waals surface area contributed by atoms with Gasteiger partial charge in [-0.05, 0) is 80.3 Å². The molecule has 0 spiro atoms. The zero-order valence-corrected chi connectivity index (χ0v) is 53.3. The van der Waals surface area contributed by atoms with Crippen molar-refractivity contribution in [1.82, 2.24) is 46.6 Å². The Balaban J connectivity index is 0.0000132. The number of aromatic nitrogens is 2. The Kier molecular flexibility index (Phi) is 27.6. The van der Waals surface area contributed by atoms with Crippen molar-refractivity contribution in [3.8, 4) is 38.4 Å². The summed E-state index contributed by atoms with van der Waals surface area (Å²) in [6, 6.07) is 3.87. The maximum absolute atomic E-state index is 14.7. The number of phenols is 1. The van der Waals surface area contributed by atoms with Crippen LogP contribution in [0.4, 0.5) is 0 Å². The molecule has 91 heavy (non-hydrogen) atoms. The molecule has 3 aromatic carbocycles. The van der Waals surface area contributed by atoms with Gasteiger partial charge in [-0.1, -0.05) is 36.5 Å². The molecule has 32 nitrogen and oxygen atoms in total. The minimum absolute atomic E-state index is 0. The summed E-state index contributed by atoms with van der Waals surface area (Å²) in [7, 11) is 1.66. The molecule has 3 fully saturated rings. The number of rotatable bonds is 22. The molecule has 14 atom stereocenters. The number of carbonyl (C=O) groups excluding carboxylic acids is 8. The van der Waals surface area contributed by atoms with Crippen molar-refractivity contribution in [2.75, 3.05) is 40.0 Å². The molecule has 0 aliphatic carbocycles. The maximum atomic E-state index is 14.7. The second kappa shape index (κ2) is 34.3. The first-order chi connectivity index (χ1) is 42.9. The van der Waals surface area contributed by atoms with Gasteiger partial charge in [0.05, 0.1) is 43.5 Å². The van der Waals surface area contributed by atoms with E-state index in [0.717, 1.165) is 59.7 Å². The van der Waals surface area contributed by atoms with Crippen LogP contribution in [-0.2, 0) is 47.7 Å². The van der Waals surface area contributed by atoms with Crippen LogP contribution < -0.4 is 76.1 Å². The van der Waals surface area contributed by atoms with Crippen LogP contribution in [0.1, 0.15) is 74.4 Å². The SMILES string of the molecule is COCCCCCOc1ccc(-c2nnc(-c3ccc(C(=O)N[C@H]4CC(O)CNC(=O)C5C(O)C(C)CN5C(=O)C(C(O)CC(N)=O)NC(=O)C(C(O)C(O)c5ccc(O)c(OSOO[O-])c5)NC(=O)C5CC(O)CN5C(=O)C(C(C)O)NC4=O)cc3)s2)cc1.[Na+]. The number of benzene rings is 3. The van der Waals surface area contributed by atoms with E-state index in [0.29, 0.717) is 34.5 Å². The third kappa shape index (κ3) is 19.2. The van der Waals surface area contributed by atoms with Crippen molar-refractivity contribution < 1.29 is 137 Å². The normalized spacial score (nSPS) is 25.0. The molecular formula is C56H71N10NaO22S2. The summed E-state index contributed by atoms with van der Waals surface area (Å²) in [5.41, 5.74) is 6.33. The van der Waals surface area contributed by atoms with E-state index in [1.165, 1.54) is 30.4 Å². The number of aliphatic hydroxyl groups excluding tert-OH is 7. The van der Waals surface area contributed by atoms with Crippen LogP contribution in [0.15, 0.2) is 66.7 Å². The molecule has 4 heterocycles. The molecule has 0 bridgehead atoms. The number of ether oxygens (including phenoxy) is 2. The standard InChI is InChI=1S/C56H72N10O22S2.Na/c1-26-24-66-44(45(26)73)52(80)58-23-32(68)20-35(59-48(76)28-7-9-29(10-8-28)53-63-64-54(89-53)30-11-14-34(15-12-30)85-18-6-4-5-17-84-3)49(77)60-41(27(2)67)55(81)65-25-33(69)21-36(65)50(78)62-43(51(79)61-42(56(66)82)38(71)22-40(57)72)47(75)46(74)31-13-16-37(70)39(19-31)86-90-88-87-83;/h7-16,19,26-27,32-33,35-36,38,41-47,67-71,73-75,83H,4-6,17-18,20-25H2,1-3H3,(H2,57,72)(H,58,80)(H,59,76)(H,60,77)(H,61,79)(H,62,78);/q;+1/p-1/t26?,27?,32?,33?,35-,36?,38?,41?,42?,43?,44?,45?,46?,47?;/m0./s1. The number of hydrogen-bond donors (Lipinski definition) is 14. The Bertz CT molecular complexity index is 3160. The van der Waals surface area contributed by atoms with Crippen LogP contribution >= 0.6 is 23.7 Å². The number of nitrogens with zero attached hydrogens (tertiary/aromatic N) is 4. The summed E-state index contributed by atoms with van der Waals surface area (Å²) < 4.78 is 20.0. The largest absolute Gasteiger partial charge is 1.00 e. The molecular weight excluding hydrogens is 1250 g/mol. The van der Waals surface area contributed by atoms with Gasteiger partial charge in [-0.2, -0.15) is 0 Å². The minimum atomic E-state index is -2.54. The summed E-state index contributed by atoms with van der Waals surface area (Å²) >= 11 is 1.18. The topological polar surface area (TPSA) is 486 Å². The molecule has 0 saturated carbocycles. The summed E-state index contributed by atoms with van der Waals surface area (Å²) in [6.45, 7) is 1.90. The van der Waals surface area contributed by atoms with E-state index in [1.54, 1.807) is 19.2 Å². The molecule has 3 aliphatic rings. The number of β-amino-alcohol motifs (C(OH)–C–C–N with tert-alkyl or cyclic N) is 1. The van der Waals surface area contributed by atoms with Gasteiger partial charge in [0.15, 0.2) is 11.5 Å². The number of fused-ring (bicyclic) bond motifs is 2. The van der Waals surface area contributed by atoms with E-state index in [-0.39, 0.29) is 53.0 Å². The van der Waals surface area contributed by atoms with E-state index < -0.39 is 183 Å². The first-order valence-electron chi connectivity index (χ1n) is 28.3. The number of unbranched alkanes of at least 4 members (excludes halogenated alkanes) is 2. The minimum Gasteiger partial charge on any atom is -0.691 e. The van der Waals surface area contributed by atoms with Crippen molar-refractivity contribution in [3.63, 3.8) is 0 Å². The van der Waals surface area contributed by atoms with Crippen LogP contribution in [0.3, 0.4) is 0 Å². The molecule has 8 amide bonds. The number of carbonyl (C=O) groups is 8. The molecule has 7 rings (SSSR count). The average molecular weight is 1320 g/mol. The third-order valence-electron chi connectivity index (χ3n) is 15.1. The molecule has 3 aliphatic heterocycles. The summed E-state index contributed by atoms with van der Waals surface area (Å²) in [5.74, 6) is -11.3. The molecule has 3 saturated heterocycles.